The van der Waals surface area contributed by atoms with Crippen molar-refractivity contribution < 1.29 is 23.7 Å². The van der Waals surface area contributed by atoms with E-state index in [1.54, 1.807) is 23.8 Å². The zero-order valence-electron chi connectivity index (χ0n) is 24.9. The van der Waals surface area contributed by atoms with Gasteiger partial charge in [-0.1, -0.05) is 45.6 Å². The topological polar surface area (TPSA) is 147 Å². The van der Waals surface area contributed by atoms with Gasteiger partial charge in [-0.05, 0) is 55.7 Å². The van der Waals surface area contributed by atoms with E-state index in [9.17, 15) is 10.1 Å². The highest BCUT2D eigenvalue weighted by Crippen LogP contribution is 2.48. The second-order valence-corrected chi connectivity index (χ2v) is 11.6. The number of methoxy groups -OCH3 is 2. The molecule has 2 heterocycles. The second kappa shape index (κ2) is 11.8. The molecule has 5 rings (SSSR count). The van der Waals surface area contributed by atoms with E-state index >= 15 is 0 Å². The number of fused-ring (bicyclic) bond motifs is 1. The number of nitriles is 1. The molecular weight excluding hydrogens is 534 g/mol. The van der Waals surface area contributed by atoms with Gasteiger partial charge in [0.05, 0.1) is 37.2 Å². The van der Waals surface area contributed by atoms with Crippen LogP contribution in [0.1, 0.15) is 70.8 Å². The average Bonchev–Trinajstić information content (AvgIpc) is 3.72. The van der Waals surface area contributed by atoms with Crippen LogP contribution in [0.2, 0.25) is 0 Å². The molecule has 2 unspecified atom stereocenters. The average molecular weight is 576 g/mol. The molecule has 4 atom stereocenters. The summed E-state index contributed by atoms with van der Waals surface area (Å²) in [6.07, 6.45) is 8.37. The van der Waals surface area contributed by atoms with Crippen molar-refractivity contribution in [1.82, 2.24) is 9.38 Å². The maximum absolute atomic E-state index is 14.0. The summed E-state index contributed by atoms with van der Waals surface area (Å²) in [5, 5.41) is 10.3. The maximum Gasteiger partial charge on any atom is 0.331 e. The van der Waals surface area contributed by atoms with Crippen LogP contribution in [-0.4, -0.2) is 47.3 Å². The van der Waals surface area contributed by atoms with Gasteiger partial charge in [-0.3, -0.25) is 4.40 Å². The zero-order chi connectivity index (χ0) is 30.1. The molecule has 224 valence electrons. The van der Waals surface area contributed by atoms with E-state index in [0.29, 0.717) is 29.2 Å². The molecule has 0 aliphatic heterocycles. The van der Waals surface area contributed by atoms with Crippen molar-refractivity contribution in [3.8, 4) is 40.5 Å². The minimum atomic E-state index is -1.15. The van der Waals surface area contributed by atoms with Crippen molar-refractivity contribution in [2.75, 3.05) is 20.8 Å². The van der Waals surface area contributed by atoms with E-state index in [2.05, 4.69) is 18.0 Å². The Morgan fingerprint density at radius 3 is 2.52 bits per heavy atom. The summed E-state index contributed by atoms with van der Waals surface area (Å²) in [4.78, 5) is 18.5. The summed E-state index contributed by atoms with van der Waals surface area (Å²) >= 11 is 0. The normalized spacial score (nSPS) is 25.4. The first-order chi connectivity index (χ1) is 20.2. The highest BCUT2D eigenvalue weighted by atomic mass is 16.6. The number of imidazole rings is 1. The molecule has 0 radical (unpaired) electrons. The van der Waals surface area contributed by atoms with Gasteiger partial charge in [0.1, 0.15) is 35.2 Å². The molecule has 2 aromatic heterocycles. The molecule has 0 bridgehead atoms. The number of hydrogen-bond acceptors (Lipinski definition) is 9. The van der Waals surface area contributed by atoms with Crippen LogP contribution in [0.25, 0.3) is 16.9 Å². The number of hydrogen-bond donors (Lipinski definition) is 2. The Kier molecular flexibility index (Phi) is 8.35. The summed E-state index contributed by atoms with van der Waals surface area (Å²) in [6, 6.07) is 9.38. The number of aromatic nitrogens is 2. The van der Waals surface area contributed by atoms with E-state index in [1.165, 1.54) is 7.11 Å². The number of nitrogens with two attached hydrogens (primary N) is 2. The standard InChI is InChI=1S/C32H41N5O5/c1-5-20-10-8-14-31(20,34)19-41-28-23(17-33)25(39-3)16-22(24-18-36-26-12-7-13-27(40-4)37(24)26)29(28)42-30(38)32(35)15-9-11-21(32)6-2/h7,12-13,16,18,20-21H,5-6,8-11,14-15,19,34-35H2,1-4H3/t20-,21?,31-,32?/m0/s1. The van der Waals surface area contributed by atoms with Gasteiger partial charge in [0, 0.05) is 0 Å². The van der Waals surface area contributed by atoms with E-state index in [4.69, 9.17) is 30.4 Å². The van der Waals surface area contributed by atoms with Crippen molar-refractivity contribution in [1.29, 1.82) is 5.26 Å². The van der Waals surface area contributed by atoms with Gasteiger partial charge in [-0.25, -0.2) is 9.78 Å². The fourth-order valence-electron chi connectivity index (χ4n) is 6.97. The molecule has 0 spiro atoms. The monoisotopic (exact) mass is 575 g/mol. The van der Waals surface area contributed by atoms with Gasteiger partial charge in [0.15, 0.2) is 17.4 Å². The summed E-state index contributed by atoms with van der Waals surface area (Å²) in [6.45, 7) is 4.31. The molecule has 4 N–H and O–H groups in total. The van der Waals surface area contributed by atoms with Gasteiger partial charge in [-0.15, -0.1) is 0 Å². The summed E-state index contributed by atoms with van der Waals surface area (Å²) < 4.78 is 25.9. The maximum atomic E-state index is 14.0. The minimum Gasteiger partial charge on any atom is -0.495 e. The Bertz CT molecular complexity index is 1510. The van der Waals surface area contributed by atoms with Crippen LogP contribution in [-0.2, 0) is 4.79 Å². The fourth-order valence-corrected chi connectivity index (χ4v) is 6.97. The Labute approximate surface area is 246 Å². The zero-order valence-corrected chi connectivity index (χ0v) is 24.9. The van der Waals surface area contributed by atoms with E-state index in [1.807, 2.05) is 25.1 Å². The first kappa shape index (κ1) is 29.7. The van der Waals surface area contributed by atoms with Crippen LogP contribution >= 0.6 is 0 Å². The van der Waals surface area contributed by atoms with Crippen molar-refractivity contribution in [2.45, 2.75) is 76.3 Å². The number of carbonyl (C=O) groups is 1. The highest BCUT2D eigenvalue weighted by molar-refractivity contribution is 5.88. The Balaban J connectivity index is 1.71. The van der Waals surface area contributed by atoms with Crippen LogP contribution in [0.15, 0.2) is 30.5 Å². The minimum absolute atomic E-state index is 0.0153. The Morgan fingerprint density at radius 1 is 1.10 bits per heavy atom. The lowest BCUT2D eigenvalue weighted by Gasteiger charge is -2.32. The molecule has 0 saturated heterocycles. The lowest BCUT2D eigenvalue weighted by Crippen LogP contribution is -2.53. The number of benzene rings is 1. The third kappa shape index (κ3) is 4.95. The van der Waals surface area contributed by atoms with Crippen molar-refractivity contribution >= 4 is 11.6 Å². The number of carbonyl (C=O) groups excluding carboxylic acids is 1. The van der Waals surface area contributed by atoms with Crippen LogP contribution in [0.3, 0.4) is 0 Å². The number of rotatable bonds is 10. The summed E-state index contributed by atoms with van der Waals surface area (Å²) in [5.41, 5.74) is 13.7. The van der Waals surface area contributed by atoms with Crippen molar-refractivity contribution in [3.63, 3.8) is 0 Å². The summed E-state index contributed by atoms with van der Waals surface area (Å²) in [5.74, 6) is 0.696. The number of pyridine rings is 1. The molecule has 10 heteroatoms. The number of esters is 1. The van der Waals surface area contributed by atoms with Gasteiger partial charge in [0.25, 0.3) is 0 Å². The molecule has 10 nitrogen and oxygen atoms in total. The third-order valence-corrected chi connectivity index (χ3v) is 9.44. The number of ether oxygens (including phenoxy) is 4. The van der Waals surface area contributed by atoms with Gasteiger partial charge in [0.2, 0.25) is 0 Å². The van der Waals surface area contributed by atoms with E-state index < -0.39 is 17.0 Å². The fraction of sp³-hybridized carbons (Fsp3) is 0.531. The van der Waals surface area contributed by atoms with Gasteiger partial charge < -0.3 is 30.4 Å². The Hall–Kier alpha value is -3.81. The first-order valence-corrected chi connectivity index (χ1v) is 14.8. The van der Waals surface area contributed by atoms with Gasteiger partial charge >= 0.3 is 5.97 Å². The molecule has 2 fully saturated rings. The second-order valence-electron chi connectivity index (χ2n) is 11.6. The van der Waals surface area contributed by atoms with Crippen LogP contribution < -0.4 is 30.4 Å². The van der Waals surface area contributed by atoms with E-state index in [0.717, 1.165) is 44.9 Å². The van der Waals surface area contributed by atoms with E-state index in [-0.39, 0.29) is 41.3 Å². The molecule has 1 aromatic carbocycles. The molecular formula is C32H41N5O5. The predicted octanol–water partition coefficient (Wildman–Crippen LogP) is 4.99. The van der Waals surface area contributed by atoms with Crippen LogP contribution in [0.4, 0.5) is 0 Å². The molecule has 2 aliphatic rings. The van der Waals surface area contributed by atoms with Crippen molar-refractivity contribution in [3.05, 3.63) is 36.0 Å². The first-order valence-electron chi connectivity index (χ1n) is 14.8. The number of nitrogens with zero attached hydrogens (tertiary/aromatic N) is 3. The molecule has 0 amide bonds. The highest BCUT2D eigenvalue weighted by Gasteiger charge is 2.47. The predicted molar refractivity (Wildman–Crippen MR) is 159 cm³/mol. The molecule has 3 aromatic rings. The third-order valence-electron chi connectivity index (χ3n) is 9.44. The smallest absolute Gasteiger partial charge is 0.331 e. The lowest BCUT2D eigenvalue weighted by molar-refractivity contribution is -0.142. The lowest BCUT2D eigenvalue weighted by atomic mass is 9.86. The SMILES string of the molecule is CCC1CCCC1(N)C(=O)Oc1c(-c2cnc3cccc(OC)n23)cc(OC)c(C#N)c1OC[C@@]1(N)CCC[C@@H]1CC. The molecule has 42 heavy (non-hydrogen) atoms. The summed E-state index contributed by atoms with van der Waals surface area (Å²) in [7, 11) is 3.06. The molecule has 2 saturated carbocycles. The van der Waals surface area contributed by atoms with Crippen molar-refractivity contribution in [2.24, 2.45) is 23.3 Å². The van der Waals surface area contributed by atoms with Crippen LogP contribution in [0, 0.1) is 23.2 Å². The van der Waals surface area contributed by atoms with Gasteiger partial charge in [-0.2, -0.15) is 5.26 Å². The molecule has 2 aliphatic carbocycles. The Morgan fingerprint density at radius 2 is 1.83 bits per heavy atom. The largest absolute Gasteiger partial charge is 0.495 e. The quantitative estimate of drug-likeness (QED) is 0.252. The van der Waals surface area contributed by atoms with Crippen LogP contribution in [0.5, 0.6) is 23.1 Å².